The zero-order valence-electron chi connectivity index (χ0n) is 9.80. The van der Waals surface area contributed by atoms with Crippen LogP contribution < -0.4 is 10.6 Å². The Balaban J connectivity index is 2.71. The topological polar surface area (TPSA) is 41.1 Å². The van der Waals surface area contributed by atoms with Gasteiger partial charge in [0.05, 0.1) is 5.41 Å². The van der Waals surface area contributed by atoms with Crippen LogP contribution >= 0.6 is 11.6 Å². The zero-order valence-corrected chi connectivity index (χ0v) is 10.6. The minimum Gasteiger partial charge on any atom is -0.326 e. The van der Waals surface area contributed by atoms with Crippen molar-refractivity contribution in [1.29, 1.82) is 0 Å². The molecule has 0 atom stereocenters. The summed E-state index contributed by atoms with van der Waals surface area (Å²) in [6.45, 7) is 4.41. The quantitative estimate of drug-likeness (QED) is 0.849. The third-order valence-electron chi connectivity index (χ3n) is 2.32. The standard InChI is InChI=1S/C12H17ClN2O/c1-12(2,8-14-3)11(16)15-10-6-4-5-9(13)7-10/h4-7,14H,8H2,1-3H3,(H,15,16). The smallest absolute Gasteiger partial charge is 0.231 e. The number of amides is 1. The molecule has 0 aliphatic heterocycles. The second-order valence-electron chi connectivity index (χ2n) is 4.38. The summed E-state index contributed by atoms with van der Waals surface area (Å²) < 4.78 is 0. The number of anilines is 1. The first-order valence-electron chi connectivity index (χ1n) is 5.17. The Kier molecular flexibility index (Phi) is 4.33. The number of carbonyl (C=O) groups is 1. The van der Waals surface area contributed by atoms with Crippen LogP contribution in [0, 0.1) is 5.41 Å². The summed E-state index contributed by atoms with van der Waals surface area (Å²) in [6, 6.07) is 7.13. The van der Waals surface area contributed by atoms with Crippen LogP contribution in [0.2, 0.25) is 5.02 Å². The normalized spacial score (nSPS) is 11.2. The average molecular weight is 241 g/mol. The second kappa shape index (κ2) is 5.32. The first-order valence-corrected chi connectivity index (χ1v) is 5.55. The molecule has 1 rings (SSSR count). The van der Waals surface area contributed by atoms with Gasteiger partial charge in [-0.3, -0.25) is 4.79 Å². The summed E-state index contributed by atoms with van der Waals surface area (Å²) in [5.74, 6) is -0.0240. The molecule has 0 aliphatic rings. The second-order valence-corrected chi connectivity index (χ2v) is 4.82. The molecule has 0 saturated carbocycles. The summed E-state index contributed by atoms with van der Waals surface area (Å²) in [5.41, 5.74) is 0.276. The van der Waals surface area contributed by atoms with Gasteiger partial charge < -0.3 is 10.6 Å². The van der Waals surface area contributed by atoms with Gasteiger partial charge >= 0.3 is 0 Å². The van der Waals surface area contributed by atoms with Crippen molar-refractivity contribution in [2.24, 2.45) is 5.41 Å². The van der Waals surface area contributed by atoms with Crippen LogP contribution in [0.5, 0.6) is 0 Å². The molecular weight excluding hydrogens is 224 g/mol. The highest BCUT2D eigenvalue weighted by atomic mass is 35.5. The van der Waals surface area contributed by atoms with E-state index >= 15 is 0 Å². The van der Waals surface area contributed by atoms with Crippen LogP contribution in [-0.4, -0.2) is 19.5 Å². The zero-order chi connectivity index (χ0) is 12.2. The summed E-state index contributed by atoms with van der Waals surface area (Å²) in [5, 5.41) is 6.46. The van der Waals surface area contributed by atoms with E-state index in [0.29, 0.717) is 11.6 Å². The Hall–Kier alpha value is -1.06. The highest BCUT2D eigenvalue weighted by Gasteiger charge is 2.26. The Bertz CT molecular complexity index is 377. The molecule has 0 saturated heterocycles. The molecule has 1 aromatic carbocycles. The Morgan fingerprint density at radius 1 is 1.44 bits per heavy atom. The largest absolute Gasteiger partial charge is 0.326 e. The summed E-state index contributed by atoms with van der Waals surface area (Å²) in [4.78, 5) is 11.9. The number of benzene rings is 1. The van der Waals surface area contributed by atoms with E-state index in [1.54, 1.807) is 12.1 Å². The maximum Gasteiger partial charge on any atom is 0.231 e. The molecule has 0 bridgehead atoms. The summed E-state index contributed by atoms with van der Waals surface area (Å²) >= 11 is 5.84. The molecule has 0 aromatic heterocycles. The monoisotopic (exact) mass is 240 g/mol. The number of hydrogen-bond donors (Lipinski definition) is 2. The van der Waals surface area contributed by atoms with Gasteiger partial charge in [-0.05, 0) is 39.1 Å². The maximum absolute atomic E-state index is 11.9. The third-order valence-corrected chi connectivity index (χ3v) is 2.55. The lowest BCUT2D eigenvalue weighted by Crippen LogP contribution is -2.38. The predicted molar refractivity (Wildman–Crippen MR) is 67.8 cm³/mol. The van der Waals surface area contributed by atoms with Crippen molar-refractivity contribution in [3.05, 3.63) is 29.3 Å². The van der Waals surface area contributed by atoms with Gasteiger partial charge in [0.2, 0.25) is 5.91 Å². The minimum atomic E-state index is -0.447. The van der Waals surface area contributed by atoms with E-state index < -0.39 is 5.41 Å². The van der Waals surface area contributed by atoms with Gasteiger partial charge in [-0.25, -0.2) is 0 Å². The summed E-state index contributed by atoms with van der Waals surface area (Å²) in [7, 11) is 1.83. The molecule has 0 heterocycles. The van der Waals surface area contributed by atoms with Crippen molar-refractivity contribution in [3.63, 3.8) is 0 Å². The van der Waals surface area contributed by atoms with Gasteiger partial charge in [0.15, 0.2) is 0 Å². The number of carbonyl (C=O) groups excluding carboxylic acids is 1. The number of halogens is 1. The van der Waals surface area contributed by atoms with Crippen molar-refractivity contribution >= 4 is 23.2 Å². The van der Waals surface area contributed by atoms with E-state index in [0.717, 1.165) is 5.69 Å². The minimum absolute atomic E-state index is 0.0240. The molecule has 1 aromatic rings. The van der Waals surface area contributed by atoms with Gasteiger partial charge in [0.25, 0.3) is 0 Å². The predicted octanol–water partition coefficient (Wildman–Crippen LogP) is 2.52. The fraction of sp³-hybridized carbons (Fsp3) is 0.417. The van der Waals surface area contributed by atoms with Crippen molar-refractivity contribution in [2.45, 2.75) is 13.8 Å². The Labute approximate surface area is 101 Å². The van der Waals surface area contributed by atoms with Crippen molar-refractivity contribution in [1.82, 2.24) is 5.32 Å². The van der Waals surface area contributed by atoms with Crippen LogP contribution in [0.1, 0.15) is 13.8 Å². The van der Waals surface area contributed by atoms with Gasteiger partial charge in [-0.15, -0.1) is 0 Å². The van der Waals surface area contributed by atoms with Gasteiger partial charge in [0.1, 0.15) is 0 Å². The van der Waals surface area contributed by atoms with E-state index in [4.69, 9.17) is 11.6 Å². The van der Waals surface area contributed by atoms with Crippen LogP contribution in [0.15, 0.2) is 24.3 Å². The van der Waals surface area contributed by atoms with Crippen molar-refractivity contribution in [3.8, 4) is 0 Å². The SMILES string of the molecule is CNCC(C)(C)C(=O)Nc1cccc(Cl)c1. The van der Waals surface area contributed by atoms with Gasteiger partial charge in [-0.2, -0.15) is 0 Å². The Morgan fingerprint density at radius 2 is 2.12 bits per heavy atom. The maximum atomic E-state index is 11.9. The molecular formula is C12H17ClN2O. The highest BCUT2D eigenvalue weighted by molar-refractivity contribution is 6.30. The first kappa shape index (κ1) is 13.0. The van der Waals surface area contributed by atoms with E-state index in [2.05, 4.69) is 10.6 Å². The molecule has 0 aliphatic carbocycles. The van der Waals surface area contributed by atoms with Gasteiger partial charge in [0, 0.05) is 17.3 Å². The summed E-state index contributed by atoms with van der Waals surface area (Å²) in [6.07, 6.45) is 0. The third kappa shape index (κ3) is 3.51. The number of nitrogens with one attached hydrogen (secondary N) is 2. The molecule has 0 spiro atoms. The lowest BCUT2D eigenvalue weighted by Gasteiger charge is -2.23. The first-order chi connectivity index (χ1) is 7.45. The molecule has 88 valence electrons. The molecule has 0 fully saturated rings. The number of rotatable bonds is 4. The number of hydrogen-bond acceptors (Lipinski definition) is 2. The molecule has 2 N–H and O–H groups in total. The highest BCUT2D eigenvalue weighted by Crippen LogP contribution is 2.19. The van der Waals surface area contributed by atoms with E-state index in [-0.39, 0.29) is 5.91 Å². The van der Waals surface area contributed by atoms with Crippen LogP contribution in [-0.2, 0) is 4.79 Å². The van der Waals surface area contributed by atoms with Gasteiger partial charge in [-0.1, -0.05) is 17.7 Å². The van der Waals surface area contributed by atoms with E-state index in [9.17, 15) is 4.79 Å². The van der Waals surface area contributed by atoms with E-state index in [1.165, 1.54) is 0 Å². The van der Waals surface area contributed by atoms with Crippen molar-refractivity contribution in [2.75, 3.05) is 18.9 Å². The fourth-order valence-electron chi connectivity index (χ4n) is 1.39. The Morgan fingerprint density at radius 3 is 2.69 bits per heavy atom. The van der Waals surface area contributed by atoms with E-state index in [1.807, 2.05) is 33.0 Å². The van der Waals surface area contributed by atoms with Crippen LogP contribution in [0.4, 0.5) is 5.69 Å². The molecule has 4 heteroatoms. The molecule has 0 radical (unpaired) electrons. The molecule has 0 unspecified atom stereocenters. The van der Waals surface area contributed by atoms with Crippen LogP contribution in [0.25, 0.3) is 0 Å². The lowest BCUT2D eigenvalue weighted by molar-refractivity contribution is -0.123. The van der Waals surface area contributed by atoms with Crippen LogP contribution in [0.3, 0.4) is 0 Å². The molecule has 1 amide bonds. The average Bonchev–Trinajstić information content (AvgIpc) is 2.17. The molecule has 16 heavy (non-hydrogen) atoms. The lowest BCUT2D eigenvalue weighted by atomic mass is 9.92. The van der Waals surface area contributed by atoms with Crippen molar-refractivity contribution < 1.29 is 4.79 Å². The molecule has 3 nitrogen and oxygen atoms in total. The fourth-order valence-corrected chi connectivity index (χ4v) is 1.58.